The van der Waals surface area contributed by atoms with Gasteiger partial charge in [-0.15, -0.1) is 0 Å². The summed E-state index contributed by atoms with van der Waals surface area (Å²) in [7, 11) is 0. The van der Waals surface area contributed by atoms with Crippen molar-refractivity contribution in [3.63, 3.8) is 0 Å². The molecule has 0 fully saturated rings. The van der Waals surface area contributed by atoms with Crippen LogP contribution in [0.3, 0.4) is 0 Å². The molecule has 0 aliphatic carbocycles. The molecule has 1 amide bonds. The van der Waals surface area contributed by atoms with Crippen LogP contribution in [0.4, 0.5) is 0 Å². The number of carbonyl (C=O) groups is 1. The summed E-state index contributed by atoms with van der Waals surface area (Å²) < 4.78 is 5.61. The molecule has 162 valence electrons. The molecule has 0 aliphatic rings. The number of aromatic nitrogens is 1. The van der Waals surface area contributed by atoms with E-state index in [1.54, 1.807) is 36.5 Å². The molecular formula is C26H23ClN2O3. The largest absolute Gasteiger partial charge is 0.505 e. The van der Waals surface area contributed by atoms with Gasteiger partial charge in [-0.1, -0.05) is 53.6 Å². The smallest absolute Gasteiger partial charge is 0.258 e. The monoisotopic (exact) mass is 446 g/mol. The van der Waals surface area contributed by atoms with Crippen molar-refractivity contribution in [3.05, 3.63) is 100 Å². The van der Waals surface area contributed by atoms with Crippen LogP contribution in [-0.4, -0.2) is 22.6 Å². The highest BCUT2D eigenvalue weighted by Crippen LogP contribution is 2.39. The molecule has 1 unspecified atom stereocenters. The summed E-state index contributed by atoms with van der Waals surface area (Å²) in [6, 6.07) is 19.7. The first kappa shape index (κ1) is 21.7. The minimum Gasteiger partial charge on any atom is -0.505 e. The Balaban J connectivity index is 1.73. The van der Waals surface area contributed by atoms with Crippen molar-refractivity contribution in [2.45, 2.75) is 19.9 Å². The Labute approximate surface area is 191 Å². The number of hydrogen-bond acceptors (Lipinski definition) is 4. The van der Waals surface area contributed by atoms with Crippen molar-refractivity contribution in [1.82, 2.24) is 10.3 Å². The van der Waals surface area contributed by atoms with E-state index in [4.69, 9.17) is 16.3 Å². The summed E-state index contributed by atoms with van der Waals surface area (Å²) in [5, 5.41) is 15.2. The Morgan fingerprint density at radius 2 is 1.84 bits per heavy atom. The van der Waals surface area contributed by atoms with E-state index in [-0.39, 0.29) is 18.3 Å². The topological polar surface area (TPSA) is 71.5 Å². The fourth-order valence-corrected chi connectivity index (χ4v) is 3.96. The summed E-state index contributed by atoms with van der Waals surface area (Å²) >= 11 is 6.53. The van der Waals surface area contributed by atoms with Crippen molar-refractivity contribution in [2.24, 2.45) is 0 Å². The minimum atomic E-state index is -0.634. The van der Waals surface area contributed by atoms with Gasteiger partial charge in [0.1, 0.15) is 17.0 Å². The number of ether oxygens (including phenoxy) is 1. The van der Waals surface area contributed by atoms with E-state index in [0.29, 0.717) is 27.2 Å². The molecule has 0 radical (unpaired) electrons. The number of benzene rings is 3. The molecule has 5 nitrogen and oxygen atoms in total. The predicted molar refractivity (Wildman–Crippen MR) is 126 cm³/mol. The quantitative estimate of drug-likeness (QED) is 0.410. The molecule has 0 spiro atoms. The van der Waals surface area contributed by atoms with Crippen LogP contribution < -0.4 is 10.1 Å². The molecule has 1 heterocycles. The van der Waals surface area contributed by atoms with Gasteiger partial charge in [-0.25, -0.2) is 0 Å². The summed E-state index contributed by atoms with van der Waals surface area (Å²) in [6.45, 7) is 3.78. The fourth-order valence-electron chi connectivity index (χ4n) is 3.69. The van der Waals surface area contributed by atoms with Gasteiger partial charge in [0.05, 0.1) is 11.1 Å². The Morgan fingerprint density at radius 3 is 2.62 bits per heavy atom. The van der Waals surface area contributed by atoms with Gasteiger partial charge in [0.25, 0.3) is 5.91 Å². The Kier molecular flexibility index (Phi) is 6.28. The number of para-hydroxylation sites is 1. The third-order valence-electron chi connectivity index (χ3n) is 5.32. The Hall–Kier alpha value is -3.57. The number of amides is 1. The molecule has 0 aliphatic heterocycles. The first-order valence-electron chi connectivity index (χ1n) is 10.2. The van der Waals surface area contributed by atoms with Crippen LogP contribution in [-0.2, 0) is 4.79 Å². The maximum absolute atomic E-state index is 12.9. The number of halogens is 1. The van der Waals surface area contributed by atoms with Crippen LogP contribution in [0.25, 0.3) is 10.9 Å². The van der Waals surface area contributed by atoms with Crippen LogP contribution in [0, 0.1) is 13.8 Å². The predicted octanol–water partition coefficient (Wildman–Crippen LogP) is 5.50. The van der Waals surface area contributed by atoms with E-state index in [9.17, 15) is 9.90 Å². The highest BCUT2D eigenvalue weighted by molar-refractivity contribution is 6.35. The van der Waals surface area contributed by atoms with Gasteiger partial charge in [-0.2, -0.15) is 0 Å². The van der Waals surface area contributed by atoms with E-state index in [0.717, 1.165) is 16.7 Å². The van der Waals surface area contributed by atoms with Gasteiger partial charge in [-0.05, 0) is 55.3 Å². The van der Waals surface area contributed by atoms with Crippen LogP contribution in [0.1, 0.15) is 28.3 Å². The van der Waals surface area contributed by atoms with Crippen LogP contribution in [0.15, 0.2) is 72.9 Å². The molecule has 0 saturated carbocycles. The highest BCUT2D eigenvalue weighted by atomic mass is 35.5. The van der Waals surface area contributed by atoms with Gasteiger partial charge in [0.15, 0.2) is 6.61 Å². The van der Waals surface area contributed by atoms with E-state index in [2.05, 4.69) is 10.3 Å². The van der Waals surface area contributed by atoms with Crippen LogP contribution in [0.5, 0.6) is 11.5 Å². The molecule has 1 atom stereocenters. The van der Waals surface area contributed by atoms with Crippen molar-refractivity contribution >= 4 is 28.4 Å². The number of nitrogens with one attached hydrogen (secondary N) is 1. The highest BCUT2D eigenvalue weighted by Gasteiger charge is 2.25. The van der Waals surface area contributed by atoms with E-state index in [1.807, 2.05) is 50.2 Å². The van der Waals surface area contributed by atoms with Gasteiger partial charge >= 0.3 is 0 Å². The van der Waals surface area contributed by atoms with Crippen LogP contribution in [0.2, 0.25) is 5.02 Å². The molecule has 0 saturated heterocycles. The number of pyridine rings is 1. The van der Waals surface area contributed by atoms with Gasteiger partial charge in [0.2, 0.25) is 0 Å². The third kappa shape index (κ3) is 4.53. The number of aryl methyl sites for hydroxylation is 2. The minimum absolute atomic E-state index is 0.0137. The van der Waals surface area contributed by atoms with Crippen molar-refractivity contribution in [1.29, 1.82) is 0 Å². The molecule has 1 aromatic heterocycles. The zero-order chi connectivity index (χ0) is 22.7. The fraction of sp³-hybridized carbons (Fsp3) is 0.154. The summed E-state index contributed by atoms with van der Waals surface area (Å²) in [5.74, 6) is 0.267. The standard InChI is InChI=1S/C26H23ClN2O3/c1-16-10-11-17(2)20(13-16)24(29-23(30)15-32-18-7-4-3-5-8-18)21-14-22(27)19-9-6-12-28-25(19)26(21)31/h3-14,24,31H,15H2,1-2H3,(H,29,30). The lowest BCUT2D eigenvalue weighted by Crippen LogP contribution is -2.33. The average Bonchev–Trinajstić information content (AvgIpc) is 2.81. The molecule has 6 heteroatoms. The van der Waals surface area contributed by atoms with E-state index >= 15 is 0 Å². The maximum atomic E-state index is 12.9. The van der Waals surface area contributed by atoms with E-state index < -0.39 is 6.04 Å². The SMILES string of the molecule is Cc1ccc(C)c(C(NC(=O)COc2ccccc2)c2cc(Cl)c3cccnc3c2O)c1. The molecule has 4 aromatic rings. The first-order valence-corrected chi connectivity index (χ1v) is 10.6. The lowest BCUT2D eigenvalue weighted by atomic mass is 9.92. The number of aromatic hydroxyl groups is 1. The van der Waals surface area contributed by atoms with E-state index in [1.165, 1.54) is 0 Å². The molecule has 4 rings (SSSR count). The van der Waals surface area contributed by atoms with Crippen molar-refractivity contribution in [2.75, 3.05) is 6.61 Å². The Morgan fingerprint density at radius 1 is 1.06 bits per heavy atom. The number of phenols is 1. The zero-order valence-corrected chi connectivity index (χ0v) is 18.6. The lowest BCUT2D eigenvalue weighted by Gasteiger charge is -2.24. The number of phenolic OH excluding ortho intramolecular Hbond substituents is 1. The molecular weight excluding hydrogens is 424 g/mol. The average molecular weight is 447 g/mol. The number of carbonyl (C=O) groups excluding carboxylic acids is 1. The second-order valence-electron chi connectivity index (χ2n) is 7.66. The summed E-state index contributed by atoms with van der Waals surface area (Å²) in [5.41, 5.74) is 3.74. The van der Waals surface area contributed by atoms with Crippen LogP contribution >= 0.6 is 11.6 Å². The van der Waals surface area contributed by atoms with Gasteiger partial charge < -0.3 is 15.2 Å². The number of nitrogens with zero attached hydrogens (tertiary/aromatic N) is 1. The summed E-state index contributed by atoms with van der Waals surface area (Å²) in [4.78, 5) is 17.2. The molecule has 0 bridgehead atoms. The van der Waals surface area contributed by atoms with Gasteiger partial charge in [0, 0.05) is 17.1 Å². The van der Waals surface area contributed by atoms with Crippen molar-refractivity contribution in [3.8, 4) is 11.5 Å². The number of rotatable bonds is 6. The first-order chi connectivity index (χ1) is 15.4. The normalized spacial score (nSPS) is 11.8. The number of hydrogen-bond donors (Lipinski definition) is 2. The Bertz CT molecular complexity index is 1280. The van der Waals surface area contributed by atoms with Gasteiger partial charge in [-0.3, -0.25) is 9.78 Å². The number of fused-ring (bicyclic) bond motifs is 1. The molecule has 32 heavy (non-hydrogen) atoms. The lowest BCUT2D eigenvalue weighted by molar-refractivity contribution is -0.123. The molecule has 2 N–H and O–H groups in total. The molecule has 3 aromatic carbocycles. The second-order valence-corrected chi connectivity index (χ2v) is 8.07. The van der Waals surface area contributed by atoms with Crippen molar-refractivity contribution < 1.29 is 14.6 Å². The summed E-state index contributed by atoms with van der Waals surface area (Å²) in [6.07, 6.45) is 1.60. The maximum Gasteiger partial charge on any atom is 0.258 e. The third-order valence-corrected chi connectivity index (χ3v) is 5.63. The second kappa shape index (κ2) is 9.28. The zero-order valence-electron chi connectivity index (χ0n) is 17.8.